The molecule has 0 amide bonds. The Balaban J connectivity index is 1.81. The lowest BCUT2D eigenvalue weighted by Crippen LogP contribution is -2.48. The molecule has 1 N–H and O–H groups in total. The van der Waals surface area contributed by atoms with E-state index in [0.717, 1.165) is 23.6 Å². The van der Waals surface area contributed by atoms with Gasteiger partial charge in [-0.25, -0.2) is 4.98 Å². The van der Waals surface area contributed by atoms with E-state index in [1.54, 1.807) is 0 Å². The van der Waals surface area contributed by atoms with Crippen molar-refractivity contribution in [3.05, 3.63) is 84.1 Å². The van der Waals surface area contributed by atoms with Crippen molar-refractivity contribution in [3.8, 4) is 0 Å². The molecular formula is C21H21N3. The maximum atomic E-state index is 4.66. The number of para-hydroxylation sites is 2. The van der Waals surface area contributed by atoms with Gasteiger partial charge in [0, 0.05) is 24.0 Å². The highest BCUT2D eigenvalue weighted by molar-refractivity contribution is 5.72. The largest absolute Gasteiger partial charge is 0.362 e. The third kappa shape index (κ3) is 2.42. The molecule has 0 radical (unpaired) electrons. The summed E-state index contributed by atoms with van der Waals surface area (Å²) in [6, 6.07) is 23.1. The molecule has 0 saturated heterocycles. The van der Waals surface area contributed by atoms with Gasteiger partial charge in [0.1, 0.15) is 11.5 Å². The normalized spacial score (nSPS) is 19.2. The molecule has 3 nitrogen and oxygen atoms in total. The molecule has 0 unspecified atom stereocenters. The third-order valence-corrected chi connectivity index (χ3v) is 4.67. The minimum absolute atomic E-state index is 0.260. The summed E-state index contributed by atoms with van der Waals surface area (Å²) in [6.07, 6.45) is 2.77. The standard InChI is InChI=1S/C21H21N3/c1-16-9-6-7-13-19(16)23-21(2)15-17-10-8-14-22-20(17)24(21)18-11-4-3-5-12-18/h3-14,23H,15H2,1-2H3/t21-/m1/s1. The van der Waals surface area contributed by atoms with Crippen LogP contribution in [-0.4, -0.2) is 10.6 Å². The lowest BCUT2D eigenvalue weighted by atomic mass is 10.0. The number of benzene rings is 2. The summed E-state index contributed by atoms with van der Waals surface area (Å²) in [4.78, 5) is 6.98. The van der Waals surface area contributed by atoms with Crippen LogP contribution in [0.5, 0.6) is 0 Å². The Morgan fingerprint density at radius 2 is 1.71 bits per heavy atom. The molecule has 1 atom stereocenters. The lowest BCUT2D eigenvalue weighted by Gasteiger charge is -2.38. The van der Waals surface area contributed by atoms with Gasteiger partial charge in [-0.1, -0.05) is 42.5 Å². The van der Waals surface area contributed by atoms with Gasteiger partial charge in [-0.2, -0.15) is 0 Å². The number of hydrogen-bond donors (Lipinski definition) is 1. The van der Waals surface area contributed by atoms with Gasteiger partial charge in [-0.3, -0.25) is 0 Å². The molecular weight excluding hydrogens is 294 g/mol. The second kappa shape index (κ2) is 5.68. The fourth-order valence-corrected chi connectivity index (χ4v) is 3.54. The average molecular weight is 315 g/mol. The molecule has 3 heteroatoms. The molecule has 120 valence electrons. The van der Waals surface area contributed by atoms with Crippen LogP contribution in [0.15, 0.2) is 72.9 Å². The predicted octanol–water partition coefficient (Wildman–Crippen LogP) is 4.91. The van der Waals surface area contributed by atoms with E-state index in [-0.39, 0.29) is 5.66 Å². The van der Waals surface area contributed by atoms with Crippen LogP contribution in [0.2, 0.25) is 0 Å². The second-order valence-electron chi connectivity index (χ2n) is 6.55. The van der Waals surface area contributed by atoms with Crippen molar-refractivity contribution in [1.29, 1.82) is 0 Å². The molecule has 1 aliphatic heterocycles. The summed E-state index contributed by atoms with van der Waals surface area (Å²) in [7, 11) is 0. The van der Waals surface area contributed by atoms with Crippen LogP contribution in [0, 0.1) is 6.92 Å². The average Bonchev–Trinajstić information content (AvgIpc) is 2.89. The Bertz CT molecular complexity index is 860. The van der Waals surface area contributed by atoms with Crippen molar-refractivity contribution in [3.63, 3.8) is 0 Å². The van der Waals surface area contributed by atoms with Crippen molar-refractivity contribution in [2.24, 2.45) is 0 Å². The van der Waals surface area contributed by atoms with Gasteiger partial charge in [0.05, 0.1) is 0 Å². The van der Waals surface area contributed by atoms with Crippen LogP contribution in [0.25, 0.3) is 0 Å². The number of pyridine rings is 1. The number of hydrogen-bond acceptors (Lipinski definition) is 3. The second-order valence-corrected chi connectivity index (χ2v) is 6.55. The molecule has 1 aromatic heterocycles. The number of aryl methyl sites for hydroxylation is 1. The van der Waals surface area contributed by atoms with Crippen LogP contribution in [0.1, 0.15) is 18.1 Å². The van der Waals surface area contributed by atoms with E-state index in [1.807, 2.05) is 18.3 Å². The summed E-state index contributed by atoms with van der Waals surface area (Å²) in [5.41, 5.74) is 4.57. The Morgan fingerprint density at radius 1 is 0.958 bits per heavy atom. The first kappa shape index (κ1) is 14.8. The van der Waals surface area contributed by atoms with Crippen LogP contribution < -0.4 is 10.2 Å². The highest BCUT2D eigenvalue weighted by atomic mass is 15.4. The molecule has 3 aromatic rings. The van der Waals surface area contributed by atoms with E-state index in [0.29, 0.717) is 0 Å². The quantitative estimate of drug-likeness (QED) is 0.744. The zero-order chi connectivity index (χ0) is 16.6. The van der Waals surface area contributed by atoms with Gasteiger partial charge in [0.15, 0.2) is 0 Å². The Hall–Kier alpha value is -2.81. The molecule has 0 bridgehead atoms. The van der Waals surface area contributed by atoms with Crippen molar-refractivity contribution in [2.45, 2.75) is 25.9 Å². The summed E-state index contributed by atoms with van der Waals surface area (Å²) < 4.78 is 0. The van der Waals surface area contributed by atoms with E-state index >= 15 is 0 Å². The van der Waals surface area contributed by atoms with Gasteiger partial charge >= 0.3 is 0 Å². The van der Waals surface area contributed by atoms with E-state index in [1.165, 1.54) is 11.1 Å². The number of nitrogens with one attached hydrogen (secondary N) is 1. The Labute approximate surface area is 143 Å². The number of rotatable bonds is 3. The number of nitrogens with zero attached hydrogens (tertiary/aromatic N) is 2. The number of anilines is 3. The van der Waals surface area contributed by atoms with E-state index < -0.39 is 0 Å². The predicted molar refractivity (Wildman–Crippen MR) is 99.7 cm³/mol. The minimum Gasteiger partial charge on any atom is -0.362 e. The Morgan fingerprint density at radius 3 is 2.50 bits per heavy atom. The third-order valence-electron chi connectivity index (χ3n) is 4.67. The molecule has 4 rings (SSSR count). The minimum atomic E-state index is -0.260. The number of fused-ring (bicyclic) bond motifs is 1. The lowest BCUT2D eigenvalue weighted by molar-refractivity contribution is 0.549. The first-order chi connectivity index (χ1) is 11.7. The SMILES string of the molecule is Cc1ccccc1N[C@@]1(C)Cc2cccnc2N1c1ccccc1. The fraction of sp³-hybridized carbons (Fsp3) is 0.190. The van der Waals surface area contributed by atoms with Crippen molar-refractivity contribution < 1.29 is 0 Å². The van der Waals surface area contributed by atoms with Crippen LogP contribution in [0.4, 0.5) is 17.2 Å². The van der Waals surface area contributed by atoms with E-state index in [9.17, 15) is 0 Å². The summed E-state index contributed by atoms with van der Waals surface area (Å²) in [5.74, 6) is 1.03. The van der Waals surface area contributed by atoms with E-state index in [2.05, 4.69) is 83.6 Å². The topological polar surface area (TPSA) is 28.2 Å². The molecule has 1 aliphatic rings. The monoisotopic (exact) mass is 315 g/mol. The molecule has 0 spiro atoms. The van der Waals surface area contributed by atoms with Crippen LogP contribution >= 0.6 is 0 Å². The summed E-state index contributed by atoms with van der Waals surface area (Å²) in [5, 5.41) is 3.77. The molecule has 24 heavy (non-hydrogen) atoms. The van der Waals surface area contributed by atoms with Crippen LogP contribution in [0.3, 0.4) is 0 Å². The van der Waals surface area contributed by atoms with Gasteiger partial charge in [-0.15, -0.1) is 0 Å². The highest BCUT2D eigenvalue weighted by Crippen LogP contribution is 2.43. The molecule has 0 saturated carbocycles. The maximum absolute atomic E-state index is 4.66. The summed E-state index contributed by atoms with van der Waals surface area (Å²) >= 11 is 0. The first-order valence-electron chi connectivity index (χ1n) is 8.30. The summed E-state index contributed by atoms with van der Waals surface area (Å²) in [6.45, 7) is 4.38. The molecule has 2 aromatic carbocycles. The smallest absolute Gasteiger partial charge is 0.138 e. The van der Waals surface area contributed by atoms with Crippen molar-refractivity contribution in [2.75, 3.05) is 10.2 Å². The highest BCUT2D eigenvalue weighted by Gasteiger charge is 2.41. The first-order valence-corrected chi connectivity index (χ1v) is 8.30. The zero-order valence-electron chi connectivity index (χ0n) is 14.0. The van der Waals surface area contributed by atoms with E-state index in [4.69, 9.17) is 0 Å². The Kier molecular flexibility index (Phi) is 3.49. The maximum Gasteiger partial charge on any atom is 0.138 e. The van der Waals surface area contributed by atoms with Gasteiger partial charge in [-0.05, 0) is 49.2 Å². The van der Waals surface area contributed by atoms with Gasteiger partial charge in [0.25, 0.3) is 0 Å². The molecule has 2 heterocycles. The van der Waals surface area contributed by atoms with Gasteiger partial charge < -0.3 is 10.2 Å². The molecule has 0 aliphatic carbocycles. The van der Waals surface area contributed by atoms with Crippen LogP contribution in [-0.2, 0) is 6.42 Å². The van der Waals surface area contributed by atoms with Crippen molar-refractivity contribution >= 4 is 17.2 Å². The zero-order valence-corrected chi connectivity index (χ0v) is 14.0. The van der Waals surface area contributed by atoms with Gasteiger partial charge in [0.2, 0.25) is 0 Å². The molecule has 0 fully saturated rings. The number of aromatic nitrogens is 1. The fourth-order valence-electron chi connectivity index (χ4n) is 3.54. The van der Waals surface area contributed by atoms with Crippen molar-refractivity contribution in [1.82, 2.24) is 4.98 Å².